The van der Waals surface area contributed by atoms with Gasteiger partial charge in [-0.3, -0.25) is 23.9 Å². The fraction of sp³-hybridized carbons (Fsp3) is 0.387. The predicted molar refractivity (Wildman–Crippen MR) is 149 cm³/mol. The molecule has 1 saturated heterocycles. The van der Waals surface area contributed by atoms with Crippen molar-refractivity contribution in [3.8, 4) is 11.1 Å². The summed E-state index contributed by atoms with van der Waals surface area (Å²) in [6.07, 6.45) is 5.48. The second-order valence-electron chi connectivity index (χ2n) is 11.3. The fourth-order valence-corrected chi connectivity index (χ4v) is 5.90. The summed E-state index contributed by atoms with van der Waals surface area (Å²) in [7, 11) is 1.56. The Kier molecular flexibility index (Phi) is 7.14. The first-order valence-corrected chi connectivity index (χ1v) is 14.1. The standard InChI is InChI=1S/C31H32FN5O5/c1-19(21-5-6-21)37(14-20-3-8-25(32)9-4-20)29(40)17-35-18-42-31(30(35)41)26-10-7-22(11-23(26)12-27(31)38)24-13-34-36(15-24)16-28(39)33-2/h3-4,7-11,13,15,19,21H,5-6,12,14,16-18H2,1-2H3,(H,33,39)/t19-,31+/m0/s1. The zero-order chi connectivity index (χ0) is 29.6. The van der Waals surface area contributed by atoms with Gasteiger partial charge in [0.25, 0.3) is 5.91 Å². The summed E-state index contributed by atoms with van der Waals surface area (Å²) in [5.74, 6) is -1.28. The lowest BCUT2D eigenvalue weighted by atomic mass is 9.92. The van der Waals surface area contributed by atoms with Gasteiger partial charge in [-0.25, -0.2) is 4.39 Å². The molecule has 10 nitrogen and oxygen atoms in total. The Bertz CT molecular complexity index is 1570. The summed E-state index contributed by atoms with van der Waals surface area (Å²) in [4.78, 5) is 55.5. The van der Waals surface area contributed by atoms with Gasteiger partial charge in [-0.1, -0.05) is 30.3 Å². The van der Waals surface area contributed by atoms with Gasteiger partial charge in [-0.2, -0.15) is 5.10 Å². The van der Waals surface area contributed by atoms with E-state index in [0.717, 1.165) is 29.5 Å². The van der Waals surface area contributed by atoms with Gasteiger partial charge in [0, 0.05) is 43.4 Å². The maximum Gasteiger partial charge on any atom is 0.269 e. The number of carbonyl (C=O) groups is 4. The minimum absolute atomic E-state index is 0.0263. The third-order valence-electron chi connectivity index (χ3n) is 8.51. The number of Topliss-reactive ketones (excluding diaryl/α,β-unsaturated/α-hetero) is 1. The molecule has 1 spiro atoms. The van der Waals surface area contributed by atoms with E-state index < -0.39 is 11.5 Å². The van der Waals surface area contributed by atoms with Gasteiger partial charge >= 0.3 is 0 Å². The van der Waals surface area contributed by atoms with Crippen molar-refractivity contribution in [2.75, 3.05) is 20.3 Å². The Hall–Kier alpha value is -4.38. The SMILES string of the molecule is CNC(=O)Cn1cc(-c2ccc3c(c2)CC(=O)[C@]32OCN(CC(=O)N(Cc3ccc(F)cc3)[C@@H](C)C3CC3)C2=O)cn1. The van der Waals surface area contributed by atoms with Crippen molar-refractivity contribution in [2.45, 2.75) is 50.9 Å². The average Bonchev–Trinajstić information content (AvgIpc) is 3.56. The topological polar surface area (TPSA) is 114 Å². The fourth-order valence-electron chi connectivity index (χ4n) is 5.90. The van der Waals surface area contributed by atoms with E-state index in [0.29, 0.717) is 23.6 Å². The van der Waals surface area contributed by atoms with Crippen molar-refractivity contribution < 1.29 is 28.3 Å². The van der Waals surface area contributed by atoms with E-state index in [4.69, 9.17) is 4.74 Å². The molecule has 3 amide bonds. The molecule has 0 radical (unpaired) electrons. The first-order chi connectivity index (χ1) is 20.2. The van der Waals surface area contributed by atoms with Gasteiger partial charge < -0.3 is 19.9 Å². The molecule has 1 saturated carbocycles. The molecule has 0 bridgehead atoms. The average molecular weight is 574 g/mol. The van der Waals surface area contributed by atoms with Gasteiger partial charge in [0.1, 0.15) is 25.6 Å². The zero-order valence-electron chi connectivity index (χ0n) is 23.5. The number of ketones is 1. The number of likely N-dealkylation sites (N-methyl/N-ethyl adjacent to an activating group) is 1. The second-order valence-corrected chi connectivity index (χ2v) is 11.3. The van der Waals surface area contributed by atoms with Crippen LogP contribution in [0.25, 0.3) is 11.1 Å². The van der Waals surface area contributed by atoms with Crippen molar-refractivity contribution >= 4 is 23.5 Å². The highest BCUT2D eigenvalue weighted by atomic mass is 19.1. The molecular weight excluding hydrogens is 541 g/mol. The van der Waals surface area contributed by atoms with E-state index in [9.17, 15) is 23.6 Å². The molecule has 2 aromatic carbocycles. The normalized spacial score (nSPS) is 20.2. The molecule has 3 aromatic rings. The van der Waals surface area contributed by atoms with Crippen molar-refractivity contribution in [2.24, 2.45) is 5.92 Å². The smallest absolute Gasteiger partial charge is 0.269 e. The number of benzene rings is 2. The van der Waals surface area contributed by atoms with Crippen LogP contribution < -0.4 is 5.32 Å². The molecule has 2 aliphatic carbocycles. The van der Waals surface area contributed by atoms with E-state index in [-0.39, 0.29) is 55.7 Å². The lowest BCUT2D eigenvalue weighted by Gasteiger charge is -2.31. The Labute approximate surface area is 242 Å². The number of nitrogens with zero attached hydrogens (tertiary/aromatic N) is 4. The van der Waals surface area contributed by atoms with Crippen LogP contribution in [0.1, 0.15) is 36.5 Å². The van der Waals surface area contributed by atoms with Crippen LogP contribution >= 0.6 is 0 Å². The molecule has 42 heavy (non-hydrogen) atoms. The number of ether oxygens (including phenoxy) is 1. The van der Waals surface area contributed by atoms with Gasteiger partial charge in [0.15, 0.2) is 5.78 Å². The first-order valence-electron chi connectivity index (χ1n) is 14.1. The molecule has 11 heteroatoms. The van der Waals surface area contributed by atoms with Crippen LogP contribution in [0.3, 0.4) is 0 Å². The summed E-state index contributed by atoms with van der Waals surface area (Å²) >= 11 is 0. The zero-order valence-corrected chi connectivity index (χ0v) is 23.5. The molecule has 6 rings (SSSR count). The van der Waals surface area contributed by atoms with E-state index >= 15 is 0 Å². The van der Waals surface area contributed by atoms with E-state index in [1.807, 2.05) is 13.0 Å². The summed E-state index contributed by atoms with van der Waals surface area (Å²) in [5, 5.41) is 6.79. The van der Waals surface area contributed by atoms with E-state index in [1.54, 1.807) is 48.6 Å². The number of hydrogen-bond donors (Lipinski definition) is 1. The highest BCUT2D eigenvalue weighted by Gasteiger charge is 2.59. The van der Waals surface area contributed by atoms with Gasteiger partial charge in [-0.15, -0.1) is 0 Å². The molecule has 0 unspecified atom stereocenters. The molecule has 2 fully saturated rings. The number of fused-ring (bicyclic) bond motifs is 2. The van der Waals surface area contributed by atoms with Crippen LogP contribution in [0.2, 0.25) is 0 Å². The number of halogens is 1. The summed E-state index contributed by atoms with van der Waals surface area (Å²) < 4.78 is 20.9. The molecule has 2 atom stereocenters. The van der Waals surface area contributed by atoms with Crippen molar-refractivity contribution in [3.05, 3.63) is 77.4 Å². The number of aromatic nitrogens is 2. The minimum atomic E-state index is -1.76. The molecule has 1 aromatic heterocycles. The Morgan fingerprint density at radius 2 is 1.90 bits per heavy atom. The molecule has 1 aliphatic heterocycles. The Morgan fingerprint density at radius 1 is 1.14 bits per heavy atom. The van der Waals surface area contributed by atoms with Gasteiger partial charge in [-0.05, 0) is 54.5 Å². The van der Waals surface area contributed by atoms with Crippen LogP contribution in [0.5, 0.6) is 0 Å². The molecule has 3 aliphatic rings. The molecular formula is C31H32FN5O5. The monoisotopic (exact) mass is 573 g/mol. The van der Waals surface area contributed by atoms with Crippen LogP contribution in [-0.2, 0) is 49.0 Å². The molecule has 1 N–H and O–H groups in total. The van der Waals surface area contributed by atoms with Crippen molar-refractivity contribution in [1.82, 2.24) is 24.9 Å². The lowest BCUT2D eigenvalue weighted by molar-refractivity contribution is -0.149. The quantitative estimate of drug-likeness (QED) is 0.394. The third kappa shape index (κ3) is 4.98. The van der Waals surface area contributed by atoms with Gasteiger partial charge in [0.05, 0.1) is 6.20 Å². The lowest BCUT2D eigenvalue weighted by Crippen LogP contribution is -2.48. The number of nitrogens with one attached hydrogen (secondary N) is 1. The van der Waals surface area contributed by atoms with Crippen LogP contribution in [0.4, 0.5) is 4.39 Å². The second kappa shape index (κ2) is 10.8. The maximum atomic E-state index is 13.8. The summed E-state index contributed by atoms with van der Waals surface area (Å²) in [5.41, 5.74) is 1.77. The highest BCUT2D eigenvalue weighted by molar-refractivity contribution is 6.15. The number of amides is 3. The van der Waals surface area contributed by atoms with Gasteiger partial charge in [0.2, 0.25) is 17.4 Å². The minimum Gasteiger partial charge on any atom is -0.358 e. The number of hydrogen-bond acceptors (Lipinski definition) is 6. The van der Waals surface area contributed by atoms with Crippen LogP contribution in [-0.4, -0.2) is 69.5 Å². The Morgan fingerprint density at radius 3 is 2.62 bits per heavy atom. The Balaban J connectivity index is 1.20. The number of carbonyl (C=O) groups excluding carboxylic acids is 4. The van der Waals surface area contributed by atoms with Crippen molar-refractivity contribution in [3.63, 3.8) is 0 Å². The first kappa shape index (κ1) is 27.8. The molecule has 218 valence electrons. The van der Waals surface area contributed by atoms with Crippen LogP contribution in [0, 0.1) is 11.7 Å². The number of rotatable bonds is 9. The maximum absolute atomic E-state index is 13.8. The third-order valence-corrected chi connectivity index (χ3v) is 8.51. The summed E-state index contributed by atoms with van der Waals surface area (Å²) in [6.45, 7) is 1.99. The van der Waals surface area contributed by atoms with E-state index in [2.05, 4.69) is 10.4 Å². The molecule has 2 heterocycles. The van der Waals surface area contributed by atoms with Crippen molar-refractivity contribution in [1.29, 1.82) is 0 Å². The summed E-state index contributed by atoms with van der Waals surface area (Å²) in [6, 6.07) is 11.4. The highest BCUT2D eigenvalue weighted by Crippen LogP contribution is 2.44. The largest absolute Gasteiger partial charge is 0.358 e. The van der Waals surface area contributed by atoms with Crippen LogP contribution in [0.15, 0.2) is 54.9 Å². The van der Waals surface area contributed by atoms with E-state index in [1.165, 1.54) is 21.7 Å². The predicted octanol–water partition coefficient (Wildman–Crippen LogP) is 2.40.